The SMILES string of the molecule is [2H]c1nc2nc([2H])c([2H])c-2c(-c2cnn([C@@]([2H])(CC#N)C3([2H])C([2H])([2H])CCC3([2H])[2H])c2)[nH]1. The van der Waals surface area contributed by atoms with Crippen molar-refractivity contribution in [3.63, 3.8) is 0 Å². The summed E-state index contributed by atoms with van der Waals surface area (Å²) in [7, 11) is 0. The molecule has 0 spiro atoms. The normalized spacial score (nSPS) is 29.4. The Morgan fingerprint density at radius 2 is 2.43 bits per heavy atom. The molecule has 0 unspecified atom stereocenters. The van der Waals surface area contributed by atoms with Crippen molar-refractivity contribution in [2.45, 2.75) is 38.0 Å². The molecule has 116 valence electrons. The third-order valence-electron chi connectivity index (χ3n) is 3.57. The van der Waals surface area contributed by atoms with E-state index in [0.717, 1.165) is 4.68 Å². The molecular formula is C17H18N6. The Balaban J connectivity index is 1.91. The van der Waals surface area contributed by atoms with Crippen LogP contribution in [0.4, 0.5) is 0 Å². The number of hydrogen-bond acceptors (Lipinski definition) is 4. The van der Waals surface area contributed by atoms with Crippen molar-refractivity contribution in [2.24, 2.45) is 5.89 Å². The molecule has 0 amide bonds. The lowest BCUT2D eigenvalue weighted by atomic mass is 9.96. The Kier molecular flexibility index (Phi) is 1.84. The summed E-state index contributed by atoms with van der Waals surface area (Å²) in [5.74, 6) is -2.65. The lowest BCUT2D eigenvalue weighted by Crippen LogP contribution is -2.17. The van der Waals surface area contributed by atoms with Crippen LogP contribution in [-0.2, 0) is 0 Å². The second kappa shape index (κ2) is 5.84. The highest BCUT2D eigenvalue weighted by Crippen LogP contribution is 2.37. The van der Waals surface area contributed by atoms with Crippen LogP contribution >= 0.6 is 0 Å². The van der Waals surface area contributed by atoms with Crippen molar-refractivity contribution in [1.29, 1.82) is 5.26 Å². The summed E-state index contributed by atoms with van der Waals surface area (Å²) in [5, 5.41) is 13.5. The number of nitriles is 1. The molecule has 1 aliphatic carbocycles. The molecule has 1 aromatic rings. The largest absolute Gasteiger partial charge is 0.345 e. The summed E-state index contributed by atoms with van der Waals surface area (Å²) in [6, 6.07) is -0.887. The van der Waals surface area contributed by atoms with Crippen LogP contribution in [-0.4, -0.2) is 24.7 Å². The van der Waals surface area contributed by atoms with Gasteiger partial charge in [-0.2, -0.15) is 10.4 Å². The number of nitrogens with one attached hydrogen (secondary N) is 1. The van der Waals surface area contributed by atoms with E-state index in [4.69, 9.17) is 12.3 Å². The van der Waals surface area contributed by atoms with Gasteiger partial charge in [0.1, 0.15) is 1.37 Å². The Hall–Kier alpha value is -2.68. The van der Waals surface area contributed by atoms with Gasteiger partial charge in [0.05, 0.1) is 40.8 Å². The topological polar surface area (TPSA) is 83.2 Å². The summed E-state index contributed by atoms with van der Waals surface area (Å²) in [6.45, 7) is 0. The van der Waals surface area contributed by atoms with Crippen LogP contribution in [0.2, 0.25) is 0 Å². The summed E-state index contributed by atoms with van der Waals surface area (Å²) in [6.07, 6.45) is -4.23. The molecule has 1 aromatic heterocycles. The maximum atomic E-state index is 9.39. The molecule has 6 nitrogen and oxygen atoms in total. The summed E-state index contributed by atoms with van der Waals surface area (Å²) in [4.78, 5) is 10.4. The molecule has 3 aliphatic rings. The monoisotopic (exact) mass is 315 g/mol. The standard InChI is InChI=1S/C17H18N6/c18-7-5-15(12-3-1-2-4-12)23-10-13(9-22-23)16-14-6-8-19-17(14)21-11-20-16/h6,8-12,15H,1-5H2,(H,19,20,21)/t15-/m0/s1/i3D2,4D2,6D,8D,11D,12D,15D. The quantitative estimate of drug-likeness (QED) is 0.799. The van der Waals surface area contributed by atoms with Crippen LogP contribution in [0.5, 0.6) is 0 Å². The Morgan fingerprint density at radius 3 is 3.26 bits per heavy atom. The second-order valence-corrected chi connectivity index (χ2v) is 4.95. The molecule has 0 saturated heterocycles. The van der Waals surface area contributed by atoms with E-state index in [0.29, 0.717) is 0 Å². The van der Waals surface area contributed by atoms with Gasteiger partial charge in [0.25, 0.3) is 0 Å². The van der Waals surface area contributed by atoms with Crippen molar-refractivity contribution in [3.05, 3.63) is 30.9 Å². The van der Waals surface area contributed by atoms with E-state index in [1.54, 1.807) is 6.07 Å². The number of hydrogen-bond donors (Lipinski definition) is 1. The molecule has 0 bridgehead atoms. The van der Waals surface area contributed by atoms with Crippen molar-refractivity contribution in [2.75, 3.05) is 0 Å². The minimum atomic E-state index is -2.65. The van der Waals surface area contributed by atoms with Gasteiger partial charge in [-0.05, 0) is 24.7 Å². The number of rotatable bonds is 4. The lowest BCUT2D eigenvalue weighted by molar-refractivity contribution is 0.315. The maximum Gasteiger partial charge on any atom is 0.162 e. The van der Waals surface area contributed by atoms with Gasteiger partial charge < -0.3 is 4.98 Å². The van der Waals surface area contributed by atoms with Crippen molar-refractivity contribution in [1.82, 2.24) is 24.7 Å². The lowest BCUT2D eigenvalue weighted by Gasteiger charge is -2.21. The fourth-order valence-corrected chi connectivity index (χ4v) is 2.52. The van der Waals surface area contributed by atoms with Gasteiger partial charge in [-0.3, -0.25) is 4.68 Å². The van der Waals surface area contributed by atoms with E-state index in [1.165, 1.54) is 12.4 Å². The van der Waals surface area contributed by atoms with Gasteiger partial charge in [-0.1, -0.05) is 12.8 Å². The molecule has 1 N–H and O–H groups in total. The number of H-pyrrole nitrogens is 1. The first kappa shape index (κ1) is 7.26. The van der Waals surface area contributed by atoms with Gasteiger partial charge in [-0.15, -0.1) is 0 Å². The van der Waals surface area contributed by atoms with E-state index in [-0.39, 0.29) is 54.0 Å². The third-order valence-corrected chi connectivity index (χ3v) is 3.57. The van der Waals surface area contributed by atoms with Crippen LogP contribution in [0.25, 0.3) is 22.6 Å². The molecule has 23 heavy (non-hydrogen) atoms. The van der Waals surface area contributed by atoms with Crippen molar-refractivity contribution < 1.29 is 12.3 Å². The van der Waals surface area contributed by atoms with E-state index in [9.17, 15) is 5.26 Å². The minimum Gasteiger partial charge on any atom is -0.345 e. The zero-order chi connectivity index (χ0) is 23.7. The van der Waals surface area contributed by atoms with Gasteiger partial charge >= 0.3 is 0 Å². The highest BCUT2D eigenvalue weighted by Gasteiger charge is 2.27. The Morgan fingerprint density at radius 1 is 1.57 bits per heavy atom. The molecule has 1 atom stereocenters. The predicted molar refractivity (Wildman–Crippen MR) is 85.5 cm³/mol. The highest BCUT2D eigenvalue weighted by molar-refractivity contribution is 5.77. The Labute approximate surface area is 147 Å². The van der Waals surface area contributed by atoms with Gasteiger partial charge in [-0.25, -0.2) is 9.97 Å². The molecule has 6 heteroatoms. The zero-order valence-corrected chi connectivity index (χ0v) is 12.0. The van der Waals surface area contributed by atoms with Crippen molar-refractivity contribution in [3.8, 4) is 28.7 Å². The third kappa shape index (κ3) is 2.48. The van der Waals surface area contributed by atoms with Crippen LogP contribution in [0.3, 0.4) is 0 Å². The summed E-state index contributed by atoms with van der Waals surface area (Å²) < 4.78 is 75.6. The smallest absolute Gasteiger partial charge is 0.162 e. The Bertz CT molecular complexity index is 1200. The molecule has 2 aliphatic heterocycles. The predicted octanol–water partition coefficient (Wildman–Crippen LogP) is 3.42. The summed E-state index contributed by atoms with van der Waals surface area (Å²) >= 11 is 0. The number of nitrogens with zero attached hydrogens (tertiary/aromatic N) is 5. The molecule has 1 saturated carbocycles. The van der Waals surface area contributed by atoms with Crippen LogP contribution in [0, 0.1) is 17.2 Å². The highest BCUT2D eigenvalue weighted by atomic mass is 15.3. The summed E-state index contributed by atoms with van der Waals surface area (Å²) in [5.41, 5.74) is 0.538. The number of aromatic amines is 1. The van der Waals surface area contributed by atoms with Gasteiger partial charge in [0.2, 0.25) is 0 Å². The van der Waals surface area contributed by atoms with Crippen LogP contribution in [0.15, 0.2) is 30.9 Å². The first-order valence-electron chi connectivity index (χ1n) is 11.5. The van der Waals surface area contributed by atoms with E-state index in [2.05, 4.69) is 20.1 Å². The molecule has 3 heterocycles. The van der Waals surface area contributed by atoms with Gasteiger partial charge in [0.15, 0.2) is 5.82 Å². The van der Waals surface area contributed by atoms with Crippen LogP contribution < -0.4 is 0 Å². The first-order chi connectivity index (χ1) is 14.8. The van der Waals surface area contributed by atoms with Gasteiger partial charge in [0, 0.05) is 30.4 Å². The molecular weight excluding hydrogens is 288 g/mol. The minimum absolute atomic E-state index is 0.00100. The molecule has 4 rings (SSSR count). The van der Waals surface area contributed by atoms with Crippen LogP contribution in [0.1, 0.15) is 50.4 Å². The maximum absolute atomic E-state index is 9.39. The van der Waals surface area contributed by atoms with E-state index in [1.807, 2.05) is 0 Å². The molecule has 1 fully saturated rings. The average molecular weight is 315 g/mol. The second-order valence-electron chi connectivity index (χ2n) is 4.95. The average Bonchev–Trinajstić information content (AvgIpc) is 3.35. The zero-order valence-electron chi connectivity index (χ0n) is 21.0. The fourth-order valence-electron chi connectivity index (χ4n) is 2.52. The first-order valence-corrected chi connectivity index (χ1v) is 7.05. The molecule has 0 radical (unpaired) electrons. The van der Waals surface area contributed by atoms with E-state index < -0.39 is 31.1 Å². The van der Waals surface area contributed by atoms with E-state index >= 15 is 0 Å². The fraction of sp³-hybridized carbons (Fsp3) is 0.412. The number of fused-ring (bicyclic) bond motifs is 1. The number of aromatic nitrogens is 5. The van der Waals surface area contributed by atoms with Crippen molar-refractivity contribution >= 4 is 0 Å². The molecule has 0 aromatic carbocycles.